The molecule has 0 aromatic carbocycles. The van der Waals surface area contributed by atoms with E-state index >= 15 is 0 Å². The fourth-order valence-electron chi connectivity index (χ4n) is 8.78. The van der Waals surface area contributed by atoms with E-state index in [1.165, 1.54) is 0 Å². The number of esters is 4. The number of phosphoric acid groups is 2. The van der Waals surface area contributed by atoms with Gasteiger partial charge in [-0.3, -0.25) is 37.3 Å². The second-order valence-corrected chi connectivity index (χ2v) is 26.6. The highest BCUT2D eigenvalue weighted by Gasteiger charge is 2.30. The molecule has 0 radical (unpaired) electrons. The topological polar surface area (TPSA) is 237 Å². The number of allylic oxidation sites excluding steroid dienone is 32. The smallest absolute Gasteiger partial charge is 0.462 e. The summed E-state index contributed by atoms with van der Waals surface area (Å²) < 4.78 is 68.1. The Morgan fingerprint density at radius 1 is 0.284 bits per heavy atom. The molecule has 0 spiro atoms. The first-order valence-electron chi connectivity index (χ1n) is 37.3. The summed E-state index contributed by atoms with van der Waals surface area (Å²) in [5.74, 6) is -2.56. The second-order valence-electron chi connectivity index (χ2n) is 23.7. The lowest BCUT2D eigenvalue weighted by Gasteiger charge is -2.21. The quantitative estimate of drug-likeness (QED) is 0.0169. The number of hydrogen-bond donors (Lipinski definition) is 3. The summed E-state index contributed by atoms with van der Waals surface area (Å²) in [4.78, 5) is 72.7. The predicted octanol–water partition coefficient (Wildman–Crippen LogP) is 21.5. The van der Waals surface area contributed by atoms with E-state index in [1.807, 2.05) is 24.3 Å². The molecule has 5 atom stereocenters. The number of hydrogen-bond acceptors (Lipinski definition) is 15. The van der Waals surface area contributed by atoms with E-state index in [1.54, 1.807) is 24.3 Å². The molecule has 102 heavy (non-hydrogen) atoms. The van der Waals surface area contributed by atoms with Gasteiger partial charge in [-0.05, 0) is 148 Å². The Kier molecular flexibility index (Phi) is 68.4. The Bertz CT molecular complexity index is 2750. The molecular formula is C83H128O17P2. The minimum absolute atomic E-state index is 0.0269. The monoisotopic (exact) mass is 1460 g/mol. The normalized spacial score (nSPS) is 15.1. The molecule has 3 N–H and O–H groups in total. The SMILES string of the molecule is CC/C=C\C/C=C\C/C=C\C/C=C\C/C=C\CC(=O)OCC(COP(=O)(O)OCC(O)COP(=O)(O)OCC(COC(=O)CCCCCCCCC/C=C\C/C=C\C/C=C\CC)OC(=O)CCCC/C=C\C/C=C\C/C=C\C/C=C\CC)OC(=O)C/C=C\C/C=C\C/C=C\C/C=C\C/C=C\CC. The van der Waals surface area contributed by atoms with Crippen LogP contribution < -0.4 is 0 Å². The molecule has 5 unspecified atom stereocenters. The third-order valence-corrected chi connectivity index (χ3v) is 16.2. The maximum Gasteiger partial charge on any atom is 0.472 e. The average molecular weight is 1460 g/mol. The molecule has 0 aliphatic carbocycles. The maximum absolute atomic E-state index is 13.1. The van der Waals surface area contributed by atoms with Crippen molar-refractivity contribution in [1.29, 1.82) is 0 Å². The van der Waals surface area contributed by atoms with E-state index < -0.39 is 97.5 Å². The van der Waals surface area contributed by atoms with Gasteiger partial charge in [0.2, 0.25) is 0 Å². The van der Waals surface area contributed by atoms with Crippen molar-refractivity contribution in [1.82, 2.24) is 0 Å². The molecule has 0 saturated carbocycles. The third kappa shape index (κ3) is 72.0. The van der Waals surface area contributed by atoms with Gasteiger partial charge >= 0.3 is 39.5 Å². The number of aliphatic hydroxyl groups is 1. The van der Waals surface area contributed by atoms with Crippen LogP contribution in [0.5, 0.6) is 0 Å². The zero-order valence-electron chi connectivity index (χ0n) is 62.2. The number of aliphatic hydroxyl groups excluding tert-OH is 1. The molecule has 0 amide bonds. The summed E-state index contributed by atoms with van der Waals surface area (Å²) in [7, 11) is -10.0. The van der Waals surface area contributed by atoms with Gasteiger partial charge in [-0.15, -0.1) is 0 Å². The lowest BCUT2D eigenvalue weighted by molar-refractivity contribution is -0.161. The van der Waals surface area contributed by atoms with E-state index in [4.69, 9.17) is 37.0 Å². The summed E-state index contributed by atoms with van der Waals surface area (Å²) in [5.41, 5.74) is 0. The van der Waals surface area contributed by atoms with Gasteiger partial charge in [0.25, 0.3) is 0 Å². The summed E-state index contributed by atoms with van der Waals surface area (Å²) >= 11 is 0. The predicted molar refractivity (Wildman–Crippen MR) is 417 cm³/mol. The average Bonchev–Trinajstić information content (AvgIpc) is 0.926. The van der Waals surface area contributed by atoms with E-state index in [2.05, 4.69) is 186 Å². The van der Waals surface area contributed by atoms with Gasteiger partial charge in [0.05, 0.1) is 39.3 Å². The Labute approximate surface area is 614 Å². The van der Waals surface area contributed by atoms with Crippen molar-refractivity contribution in [2.24, 2.45) is 0 Å². The Morgan fingerprint density at radius 2 is 0.529 bits per heavy atom. The van der Waals surface area contributed by atoms with Crippen molar-refractivity contribution in [3.8, 4) is 0 Å². The molecule has 0 saturated heterocycles. The van der Waals surface area contributed by atoms with Crippen LogP contribution in [0.3, 0.4) is 0 Å². The zero-order valence-corrected chi connectivity index (χ0v) is 64.0. The van der Waals surface area contributed by atoms with Crippen molar-refractivity contribution < 1.29 is 80.2 Å². The molecule has 17 nitrogen and oxygen atoms in total. The molecule has 0 aromatic rings. The zero-order chi connectivity index (χ0) is 74.6. The van der Waals surface area contributed by atoms with Crippen LogP contribution in [0.1, 0.15) is 233 Å². The van der Waals surface area contributed by atoms with Gasteiger partial charge < -0.3 is 33.8 Å². The van der Waals surface area contributed by atoms with Crippen LogP contribution in [0.25, 0.3) is 0 Å². The van der Waals surface area contributed by atoms with Gasteiger partial charge in [-0.2, -0.15) is 0 Å². The summed E-state index contributed by atoms with van der Waals surface area (Å²) in [6.07, 6.45) is 90.4. The Hall–Kier alpha value is -6.36. The first-order chi connectivity index (χ1) is 49.7. The molecular weight excluding hydrogens is 1330 g/mol. The molecule has 0 bridgehead atoms. The van der Waals surface area contributed by atoms with E-state index in [0.29, 0.717) is 32.1 Å². The van der Waals surface area contributed by atoms with Crippen LogP contribution in [-0.4, -0.2) is 96.7 Å². The molecule has 0 fully saturated rings. The van der Waals surface area contributed by atoms with Crippen LogP contribution in [0, 0.1) is 0 Å². The van der Waals surface area contributed by atoms with E-state index in [0.717, 1.165) is 148 Å². The van der Waals surface area contributed by atoms with Crippen LogP contribution in [-0.2, 0) is 65.4 Å². The van der Waals surface area contributed by atoms with Gasteiger partial charge in [0.15, 0.2) is 12.2 Å². The van der Waals surface area contributed by atoms with Crippen molar-refractivity contribution in [3.63, 3.8) is 0 Å². The molecule has 0 aliphatic rings. The molecule has 0 heterocycles. The van der Waals surface area contributed by atoms with Gasteiger partial charge in [-0.25, -0.2) is 9.13 Å². The Balaban J connectivity index is 5.56. The Morgan fingerprint density at radius 3 is 0.882 bits per heavy atom. The minimum atomic E-state index is -5.03. The van der Waals surface area contributed by atoms with Crippen molar-refractivity contribution in [2.45, 2.75) is 251 Å². The third-order valence-electron chi connectivity index (χ3n) is 14.3. The number of unbranched alkanes of at least 4 members (excludes halogenated alkanes) is 9. The summed E-state index contributed by atoms with van der Waals surface area (Å²) in [6.45, 7) is 4.07. The van der Waals surface area contributed by atoms with Crippen molar-refractivity contribution >= 4 is 39.5 Å². The molecule has 572 valence electrons. The number of ether oxygens (including phenoxy) is 4. The van der Waals surface area contributed by atoms with E-state index in [-0.39, 0.29) is 25.7 Å². The van der Waals surface area contributed by atoms with Crippen LogP contribution in [0.4, 0.5) is 0 Å². The highest BCUT2D eigenvalue weighted by Crippen LogP contribution is 2.45. The highest BCUT2D eigenvalue weighted by molar-refractivity contribution is 7.47. The molecule has 0 aromatic heterocycles. The summed E-state index contributed by atoms with van der Waals surface area (Å²) in [5, 5.41) is 10.6. The van der Waals surface area contributed by atoms with E-state index in [9.17, 15) is 43.2 Å². The number of rotatable bonds is 67. The fraction of sp³-hybridized carbons (Fsp3) is 0.542. The minimum Gasteiger partial charge on any atom is -0.462 e. The van der Waals surface area contributed by atoms with Crippen molar-refractivity contribution in [3.05, 3.63) is 207 Å². The van der Waals surface area contributed by atoms with Crippen molar-refractivity contribution in [2.75, 3.05) is 39.6 Å². The first-order valence-corrected chi connectivity index (χ1v) is 40.3. The first kappa shape index (κ1) is 95.6. The summed E-state index contributed by atoms with van der Waals surface area (Å²) in [6, 6.07) is 0. The largest absolute Gasteiger partial charge is 0.472 e. The molecule has 19 heteroatoms. The lowest BCUT2D eigenvalue weighted by atomic mass is 10.1. The highest BCUT2D eigenvalue weighted by atomic mass is 31.2. The van der Waals surface area contributed by atoms with Crippen LogP contribution >= 0.6 is 15.6 Å². The van der Waals surface area contributed by atoms with Gasteiger partial charge in [0.1, 0.15) is 19.3 Å². The second kappa shape index (κ2) is 73.0. The molecule has 0 aliphatic heterocycles. The van der Waals surface area contributed by atoms with Gasteiger partial charge in [0, 0.05) is 12.8 Å². The fourth-order valence-corrected chi connectivity index (χ4v) is 10.4. The van der Waals surface area contributed by atoms with Gasteiger partial charge in [-0.1, -0.05) is 266 Å². The number of carbonyl (C=O) groups is 4. The molecule has 0 rings (SSSR count). The van der Waals surface area contributed by atoms with Crippen LogP contribution in [0.15, 0.2) is 207 Å². The number of phosphoric ester groups is 2. The van der Waals surface area contributed by atoms with Crippen LogP contribution in [0.2, 0.25) is 0 Å². The number of carbonyl (C=O) groups excluding carboxylic acids is 4. The maximum atomic E-state index is 13.1. The lowest BCUT2D eigenvalue weighted by Crippen LogP contribution is -2.30. The standard InChI is InChI=1S/C83H128O17P2/c1-5-9-13-17-21-25-29-33-37-38-42-44-48-52-56-60-64-68-81(86)94-74-79(100-83(88)70-66-62-58-54-50-46-41-36-32-28-24-20-16-12-8-4)76-98-102(91,92)96-72-77(84)71-95-101(89,90)97-75-78(99-82(87)69-65-61-57-53-49-45-40-35-31-27-23-19-15-11-7-3)73-93-80(85)67-63-59-55-51-47-43-39-34-30-26-22-18-14-10-6-2/h9-16,21-28,33-37,39-41,47,49-51,53-54,59,61,63,65,77-79,84H,5-8,17-20,29-32,38,42-46,48,52,55-58,60,62,64,66-76H2,1-4H3,(H,89,90)(H,91,92)/b13-9-,14-10-,15-11-,16-12-,25-21-,26-22-,27-23-,28-24-,37-33-,39-34-,40-35-,41-36-,51-47-,53-49-,54-50-,63-59-,65-61-.